The van der Waals surface area contributed by atoms with E-state index in [1.54, 1.807) is 13.0 Å². The summed E-state index contributed by atoms with van der Waals surface area (Å²) >= 11 is 0. The number of hydrogen-bond donors (Lipinski definition) is 3. The van der Waals surface area contributed by atoms with Gasteiger partial charge in [-0.15, -0.1) is 0 Å². The van der Waals surface area contributed by atoms with E-state index in [4.69, 9.17) is 0 Å². The quantitative estimate of drug-likeness (QED) is 0.589. The summed E-state index contributed by atoms with van der Waals surface area (Å²) in [5.41, 5.74) is 3.57. The van der Waals surface area contributed by atoms with Gasteiger partial charge >= 0.3 is 0 Å². The maximum atomic E-state index is 12.9. The number of amides is 1. The maximum Gasteiger partial charge on any atom is 0.246 e. The Hall–Kier alpha value is -2.04. The minimum atomic E-state index is -0.227. The highest BCUT2D eigenvalue weighted by atomic mass is 16.3. The third-order valence-electron chi connectivity index (χ3n) is 6.22. The molecule has 4 saturated carbocycles. The molecule has 0 unspecified atom stereocenters. The number of phenolic OH excluding ortho intramolecular Hbond substituents is 2. The fourth-order valence-corrected chi connectivity index (χ4v) is 5.53. The van der Waals surface area contributed by atoms with Crippen LogP contribution in [0.25, 0.3) is 0 Å². The highest BCUT2D eigenvalue weighted by molar-refractivity contribution is 6.01. The molecule has 3 N–H and O–H groups in total. The first-order valence-electron chi connectivity index (χ1n) is 8.82. The van der Waals surface area contributed by atoms with Crippen LogP contribution in [0.5, 0.6) is 11.5 Å². The first kappa shape index (κ1) is 15.5. The smallest absolute Gasteiger partial charge is 0.246 e. The number of nitrogens with one attached hydrogen (secondary N) is 1. The third-order valence-corrected chi connectivity index (χ3v) is 6.22. The van der Waals surface area contributed by atoms with Crippen LogP contribution in [-0.2, 0) is 4.79 Å². The van der Waals surface area contributed by atoms with Gasteiger partial charge in [0.25, 0.3) is 0 Å². The molecule has 0 heterocycles. The second-order valence-electron chi connectivity index (χ2n) is 8.04. The molecule has 4 fully saturated rings. The summed E-state index contributed by atoms with van der Waals surface area (Å²) in [6.07, 6.45) is 6.92. The molecule has 1 aromatic carbocycles. The number of rotatable bonds is 3. The van der Waals surface area contributed by atoms with E-state index >= 15 is 0 Å². The number of aromatic hydroxyl groups is 2. The lowest BCUT2D eigenvalue weighted by Crippen LogP contribution is -2.52. The molecular formula is C19H24N2O3. The lowest BCUT2D eigenvalue weighted by molar-refractivity contribution is -0.146. The summed E-state index contributed by atoms with van der Waals surface area (Å²) in [5, 5.41) is 23.5. The molecule has 4 bridgehead atoms. The number of carbonyl (C=O) groups is 1. The van der Waals surface area contributed by atoms with Crippen LogP contribution >= 0.6 is 0 Å². The molecule has 0 atom stereocenters. The molecule has 1 aromatic rings. The Kier molecular flexibility index (Phi) is 3.55. The molecule has 4 aliphatic carbocycles. The van der Waals surface area contributed by atoms with Crippen LogP contribution in [0.4, 0.5) is 0 Å². The van der Waals surface area contributed by atoms with E-state index in [1.807, 2.05) is 0 Å². The average Bonchev–Trinajstić information content (AvgIpc) is 2.51. The zero-order valence-corrected chi connectivity index (χ0v) is 14.0. The highest BCUT2D eigenvalue weighted by Crippen LogP contribution is 2.60. The van der Waals surface area contributed by atoms with Crippen LogP contribution in [0.3, 0.4) is 0 Å². The van der Waals surface area contributed by atoms with Gasteiger partial charge in [0.1, 0.15) is 11.5 Å². The monoisotopic (exact) mass is 328 g/mol. The van der Waals surface area contributed by atoms with Crippen molar-refractivity contribution in [1.82, 2.24) is 5.43 Å². The molecule has 5 rings (SSSR count). The first-order chi connectivity index (χ1) is 11.4. The van der Waals surface area contributed by atoms with Crippen LogP contribution in [-0.4, -0.2) is 21.8 Å². The summed E-state index contributed by atoms with van der Waals surface area (Å²) in [7, 11) is 0. The number of nitrogens with zero attached hydrogens (tertiary/aromatic N) is 1. The zero-order valence-electron chi connectivity index (χ0n) is 14.0. The normalized spacial score (nSPS) is 34.4. The fraction of sp³-hybridized carbons (Fsp3) is 0.579. The zero-order chi connectivity index (χ0) is 16.9. The Morgan fingerprint density at radius 3 is 2.25 bits per heavy atom. The van der Waals surface area contributed by atoms with Gasteiger partial charge in [-0.05, 0) is 75.3 Å². The predicted octanol–water partition coefficient (Wildman–Crippen LogP) is 3.15. The van der Waals surface area contributed by atoms with Crippen molar-refractivity contribution >= 4 is 11.6 Å². The van der Waals surface area contributed by atoms with Gasteiger partial charge < -0.3 is 10.2 Å². The van der Waals surface area contributed by atoms with E-state index in [-0.39, 0.29) is 22.8 Å². The molecule has 0 spiro atoms. The van der Waals surface area contributed by atoms with Crippen molar-refractivity contribution in [2.75, 3.05) is 0 Å². The lowest BCUT2D eigenvalue weighted by Gasteiger charge is -2.55. The van der Waals surface area contributed by atoms with Crippen molar-refractivity contribution in [3.8, 4) is 11.5 Å². The van der Waals surface area contributed by atoms with Gasteiger partial charge in [-0.25, -0.2) is 5.43 Å². The minimum Gasteiger partial charge on any atom is -0.508 e. The van der Waals surface area contributed by atoms with Crippen molar-refractivity contribution in [2.45, 2.75) is 45.4 Å². The summed E-state index contributed by atoms with van der Waals surface area (Å²) < 4.78 is 0. The molecule has 4 aliphatic rings. The van der Waals surface area contributed by atoms with Gasteiger partial charge in [-0.3, -0.25) is 4.79 Å². The number of hydrogen-bond acceptors (Lipinski definition) is 4. The van der Waals surface area contributed by atoms with Crippen LogP contribution in [0, 0.1) is 23.2 Å². The maximum absolute atomic E-state index is 12.9. The Morgan fingerprint density at radius 1 is 1.12 bits per heavy atom. The Balaban J connectivity index is 1.50. The Bertz CT molecular complexity index is 675. The van der Waals surface area contributed by atoms with Gasteiger partial charge in [-0.2, -0.15) is 5.10 Å². The molecule has 24 heavy (non-hydrogen) atoms. The number of benzene rings is 1. The minimum absolute atomic E-state index is 0.00153. The molecule has 1 amide bonds. The number of hydrazone groups is 1. The number of phenols is 2. The molecule has 0 radical (unpaired) electrons. The van der Waals surface area contributed by atoms with E-state index in [0.717, 1.165) is 19.3 Å². The molecule has 5 nitrogen and oxygen atoms in total. The summed E-state index contributed by atoms with van der Waals surface area (Å²) in [6.45, 7) is 1.74. The SMILES string of the molecule is C/C(=N\NC(=O)C12CC3CC(CC(C3)C1)C2)c1ccc(O)cc1O. The second-order valence-corrected chi connectivity index (χ2v) is 8.04. The molecule has 0 aromatic heterocycles. The molecule has 5 heteroatoms. The average molecular weight is 328 g/mol. The van der Waals surface area contributed by atoms with Crippen LogP contribution in [0.15, 0.2) is 23.3 Å². The highest BCUT2D eigenvalue weighted by Gasteiger charge is 2.54. The molecule has 0 aliphatic heterocycles. The van der Waals surface area contributed by atoms with Gasteiger partial charge in [0, 0.05) is 11.6 Å². The standard InChI is InChI=1S/C19H24N2O3/c1-11(16-3-2-15(22)7-17(16)23)20-21-18(24)19-8-12-4-13(9-19)6-14(5-12)10-19/h2-3,7,12-14,22-23H,4-6,8-10H2,1H3,(H,21,24)/b20-11+. The number of carbonyl (C=O) groups excluding carboxylic acids is 1. The van der Waals surface area contributed by atoms with E-state index < -0.39 is 0 Å². The third kappa shape index (κ3) is 2.56. The van der Waals surface area contributed by atoms with E-state index in [9.17, 15) is 15.0 Å². The second kappa shape index (κ2) is 5.50. The van der Waals surface area contributed by atoms with E-state index in [1.165, 1.54) is 31.4 Å². The van der Waals surface area contributed by atoms with Crippen LogP contribution in [0.1, 0.15) is 51.0 Å². The van der Waals surface area contributed by atoms with Gasteiger partial charge in [-0.1, -0.05) is 0 Å². The Labute approximate surface area is 141 Å². The molecule has 0 saturated heterocycles. The van der Waals surface area contributed by atoms with Crippen molar-refractivity contribution in [3.05, 3.63) is 23.8 Å². The van der Waals surface area contributed by atoms with Crippen molar-refractivity contribution in [2.24, 2.45) is 28.3 Å². The predicted molar refractivity (Wildman–Crippen MR) is 90.7 cm³/mol. The van der Waals surface area contributed by atoms with E-state index in [0.29, 0.717) is 29.0 Å². The first-order valence-corrected chi connectivity index (χ1v) is 8.82. The lowest BCUT2D eigenvalue weighted by atomic mass is 9.49. The summed E-state index contributed by atoms with van der Waals surface area (Å²) in [6, 6.07) is 4.37. The summed E-state index contributed by atoms with van der Waals surface area (Å²) in [4.78, 5) is 12.9. The van der Waals surface area contributed by atoms with Gasteiger partial charge in [0.05, 0.1) is 11.1 Å². The topological polar surface area (TPSA) is 81.9 Å². The van der Waals surface area contributed by atoms with Gasteiger partial charge in [0.2, 0.25) is 5.91 Å². The van der Waals surface area contributed by atoms with Crippen molar-refractivity contribution in [1.29, 1.82) is 0 Å². The van der Waals surface area contributed by atoms with Crippen LogP contribution < -0.4 is 5.43 Å². The fourth-order valence-electron chi connectivity index (χ4n) is 5.53. The molecule has 128 valence electrons. The summed E-state index contributed by atoms with van der Waals surface area (Å²) in [5.74, 6) is 2.15. The van der Waals surface area contributed by atoms with Crippen LogP contribution in [0.2, 0.25) is 0 Å². The molecular weight excluding hydrogens is 304 g/mol. The Morgan fingerprint density at radius 2 is 1.71 bits per heavy atom. The largest absolute Gasteiger partial charge is 0.508 e. The van der Waals surface area contributed by atoms with Crippen molar-refractivity contribution in [3.63, 3.8) is 0 Å². The van der Waals surface area contributed by atoms with Crippen molar-refractivity contribution < 1.29 is 15.0 Å². The van der Waals surface area contributed by atoms with Gasteiger partial charge in [0.15, 0.2) is 0 Å². The van der Waals surface area contributed by atoms with E-state index in [2.05, 4.69) is 10.5 Å².